The number of nitrogen functional groups attached to an aromatic ring is 1. The molecule has 1 heterocycles. The van der Waals surface area contributed by atoms with Crippen molar-refractivity contribution in [3.63, 3.8) is 0 Å². The molecule has 3 N–H and O–H groups in total. The number of ether oxygens (including phenoxy) is 2. The zero-order valence-electron chi connectivity index (χ0n) is 29.7. The summed E-state index contributed by atoms with van der Waals surface area (Å²) in [4.78, 5) is 2.26. The smallest absolute Gasteiger partial charge is 0.186 e. The molecule has 0 amide bonds. The molecule has 270 valence electrons. The fourth-order valence-corrected chi connectivity index (χ4v) is 6.27. The molecular formula is C45H48F2N2O3. The lowest BCUT2D eigenvalue weighted by molar-refractivity contribution is 0.155. The SMILES string of the molecule is C=C1OCC(c2ccccc2)N1C(=CCCC)C(CCC(O)c1ccc(F)cc1)Cc1ccc(OCc2ccccc2)cc1.Nc1ccc(F)cc1. The molecule has 0 bridgehead atoms. The second-order valence-corrected chi connectivity index (χ2v) is 12.9. The van der Waals surface area contributed by atoms with Crippen molar-refractivity contribution < 1.29 is 23.4 Å². The van der Waals surface area contributed by atoms with Crippen molar-refractivity contribution in [3.8, 4) is 5.75 Å². The van der Waals surface area contributed by atoms with E-state index in [1.807, 2.05) is 36.4 Å². The number of nitrogens with two attached hydrogens (primary N) is 1. The molecule has 1 fully saturated rings. The van der Waals surface area contributed by atoms with Gasteiger partial charge in [-0.3, -0.25) is 0 Å². The van der Waals surface area contributed by atoms with Crippen molar-refractivity contribution in [1.82, 2.24) is 4.90 Å². The molecule has 7 heteroatoms. The van der Waals surface area contributed by atoms with E-state index in [9.17, 15) is 13.9 Å². The van der Waals surface area contributed by atoms with Crippen molar-refractivity contribution in [2.24, 2.45) is 5.92 Å². The van der Waals surface area contributed by atoms with Crippen LogP contribution in [0.25, 0.3) is 0 Å². The van der Waals surface area contributed by atoms with Crippen LogP contribution in [0, 0.1) is 17.6 Å². The maximum atomic E-state index is 13.6. The highest BCUT2D eigenvalue weighted by Gasteiger charge is 2.35. The van der Waals surface area contributed by atoms with E-state index in [0.717, 1.165) is 42.6 Å². The lowest BCUT2D eigenvalue weighted by atomic mass is 9.87. The summed E-state index contributed by atoms with van der Waals surface area (Å²) < 4.78 is 37.7. The summed E-state index contributed by atoms with van der Waals surface area (Å²) in [7, 11) is 0. The summed E-state index contributed by atoms with van der Waals surface area (Å²) in [6, 6.07) is 40.7. The Kier molecular flexibility index (Phi) is 14.0. The van der Waals surface area contributed by atoms with Gasteiger partial charge in [0.15, 0.2) is 5.88 Å². The highest BCUT2D eigenvalue weighted by atomic mass is 19.1. The van der Waals surface area contributed by atoms with Gasteiger partial charge in [0.25, 0.3) is 0 Å². The van der Waals surface area contributed by atoms with Gasteiger partial charge in [-0.15, -0.1) is 0 Å². The first-order valence-electron chi connectivity index (χ1n) is 17.9. The van der Waals surface area contributed by atoms with Crippen LogP contribution in [0.3, 0.4) is 0 Å². The van der Waals surface area contributed by atoms with E-state index in [4.69, 9.17) is 15.2 Å². The van der Waals surface area contributed by atoms with Crippen LogP contribution in [0.15, 0.2) is 158 Å². The van der Waals surface area contributed by atoms with Gasteiger partial charge in [-0.1, -0.05) is 104 Å². The van der Waals surface area contributed by atoms with Crippen LogP contribution in [0.4, 0.5) is 14.5 Å². The minimum atomic E-state index is -0.692. The maximum Gasteiger partial charge on any atom is 0.186 e. The Morgan fingerprint density at radius 1 is 0.846 bits per heavy atom. The van der Waals surface area contributed by atoms with Crippen LogP contribution in [0.2, 0.25) is 0 Å². The minimum Gasteiger partial charge on any atom is -0.489 e. The highest BCUT2D eigenvalue weighted by molar-refractivity contribution is 5.36. The molecule has 6 rings (SSSR count). The van der Waals surface area contributed by atoms with E-state index in [0.29, 0.717) is 31.2 Å². The molecule has 0 radical (unpaired) electrons. The highest BCUT2D eigenvalue weighted by Crippen LogP contribution is 2.41. The summed E-state index contributed by atoms with van der Waals surface area (Å²) in [5, 5.41) is 11.1. The largest absolute Gasteiger partial charge is 0.489 e. The molecule has 5 aromatic rings. The average molecular weight is 703 g/mol. The molecular weight excluding hydrogens is 655 g/mol. The van der Waals surface area contributed by atoms with Gasteiger partial charge >= 0.3 is 0 Å². The van der Waals surface area contributed by atoms with Gasteiger partial charge in [0, 0.05) is 17.3 Å². The normalized spacial score (nSPS) is 15.3. The molecule has 5 aromatic carbocycles. The van der Waals surface area contributed by atoms with Crippen molar-refractivity contribution in [3.05, 3.63) is 192 Å². The third-order valence-corrected chi connectivity index (χ3v) is 9.08. The average Bonchev–Trinajstić information content (AvgIpc) is 3.56. The van der Waals surface area contributed by atoms with Crippen LogP contribution >= 0.6 is 0 Å². The Bertz CT molecular complexity index is 1810. The lowest BCUT2D eigenvalue weighted by Crippen LogP contribution is -2.28. The van der Waals surface area contributed by atoms with E-state index < -0.39 is 6.10 Å². The number of nitrogens with zero attached hydrogens (tertiary/aromatic N) is 1. The number of aliphatic hydroxyl groups excluding tert-OH is 1. The third kappa shape index (κ3) is 11.0. The summed E-state index contributed by atoms with van der Waals surface area (Å²) in [6.07, 6.45) is 5.60. The molecule has 0 aliphatic carbocycles. The quantitative estimate of drug-likeness (QED) is 0.113. The van der Waals surface area contributed by atoms with E-state index in [1.54, 1.807) is 12.1 Å². The first-order valence-corrected chi connectivity index (χ1v) is 17.9. The van der Waals surface area contributed by atoms with Gasteiger partial charge in [-0.05, 0) is 103 Å². The fourth-order valence-electron chi connectivity index (χ4n) is 6.27. The van der Waals surface area contributed by atoms with Crippen LogP contribution in [0.5, 0.6) is 5.75 Å². The number of unbranched alkanes of at least 4 members (excludes halogenated alkanes) is 1. The summed E-state index contributed by atoms with van der Waals surface area (Å²) in [6.45, 7) is 7.53. The maximum absolute atomic E-state index is 13.6. The molecule has 3 atom stereocenters. The van der Waals surface area contributed by atoms with E-state index in [1.165, 1.54) is 53.2 Å². The number of halogens is 2. The van der Waals surface area contributed by atoms with Crippen molar-refractivity contribution in [1.29, 1.82) is 0 Å². The van der Waals surface area contributed by atoms with Gasteiger partial charge in [-0.25, -0.2) is 8.78 Å². The standard InChI is InChI=1S/C39H42FNO3.C6H6FN/c1-3-4-15-37(41-29(2)43-28-38(41)32-13-9-6-10-14-32)34(20-25-39(42)33-18-21-35(40)22-19-33)26-30-16-23-36(24-17-30)44-27-31-11-7-5-8-12-31;7-5-1-3-6(8)4-2-5/h5-19,21-24,34,38-39,42H,2-4,20,25-28H2,1H3;1-4H,8H2. The molecule has 52 heavy (non-hydrogen) atoms. The van der Waals surface area contributed by atoms with Gasteiger partial charge in [0.05, 0.1) is 12.1 Å². The predicted octanol–water partition coefficient (Wildman–Crippen LogP) is 10.7. The van der Waals surface area contributed by atoms with Gasteiger partial charge < -0.3 is 25.2 Å². The second kappa shape index (κ2) is 19.3. The number of benzene rings is 5. The third-order valence-electron chi connectivity index (χ3n) is 9.08. The first-order chi connectivity index (χ1) is 25.3. The van der Waals surface area contributed by atoms with Crippen LogP contribution in [0.1, 0.15) is 67.0 Å². The molecule has 1 aliphatic heterocycles. The molecule has 5 nitrogen and oxygen atoms in total. The number of anilines is 1. The molecule has 0 aromatic heterocycles. The van der Waals surface area contributed by atoms with Crippen molar-refractivity contribution in [2.45, 2.75) is 57.8 Å². The van der Waals surface area contributed by atoms with Gasteiger partial charge in [-0.2, -0.15) is 0 Å². The zero-order chi connectivity index (χ0) is 36.7. The first kappa shape index (κ1) is 37.8. The van der Waals surface area contributed by atoms with Crippen molar-refractivity contribution in [2.75, 3.05) is 12.3 Å². The number of hydrogen-bond acceptors (Lipinski definition) is 5. The van der Waals surface area contributed by atoms with Gasteiger partial charge in [0.1, 0.15) is 30.6 Å². The minimum absolute atomic E-state index is 0.0186. The summed E-state index contributed by atoms with van der Waals surface area (Å²) in [5.74, 6) is 0.999. The zero-order valence-corrected chi connectivity index (χ0v) is 29.7. The Hall–Kier alpha value is -5.40. The van der Waals surface area contributed by atoms with Crippen LogP contribution in [-0.4, -0.2) is 16.6 Å². The van der Waals surface area contributed by atoms with Crippen LogP contribution in [-0.2, 0) is 17.8 Å². The molecule has 1 saturated heterocycles. The van der Waals surface area contributed by atoms with Gasteiger partial charge in [0.2, 0.25) is 0 Å². The lowest BCUT2D eigenvalue weighted by Gasteiger charge is -2.33. The summed E-state index contributed by atoms with van der Waals surface area (Å²) in [5.41, 5.74) is 11.2. The van der Waals surface area contributed by atoms with Crippen molar-refractivity contribution >= 4 is 5.69 Å². The monoisotopic (exact) mass is 702 g/mol. The molecule has 0 spiro atoms. The number of rotatable bonds is 14. The Morgan fingerprint density at radius 2 is 1.46 bits per heavy atom. The van der Waals surface area contributed by atoms with Crippen LogP contribution < -0.4 is 10.5 Å². The number of hydrogen-bond donors (Lipinski definition) is 2. The predicted molar refractivity (Wildman–Crippen MR) is 205 cm³/mol. The Balaban J connectivity index is 0.000000577. The van der Waals surface area contributed by atoms with E-state index in [-0.39, 0.29) is 23.6 Å². The van der Waals surface area contributed by atoms with E-state index >= 15 is 0 Å². The fraction of sp³-hybridized carbons (Fsp3) is 0.244. The number of aliphatic hydroxyl groups is 1. The molecule has 3 unspecified atom stereocenters. The molecule has 1 aliphatic rings. The second-order valence-electron chi connectivity index (χ2n) is 12.9. The number of allylic oxidation sites excluding steroid dienone is 2. The molecule has 0 saturated carbocycles. The Morgan fingerprint density at radius 3 is 2.08 bits per heavy atom. The topological polar surface area (TPSA) is 68.0 Å². The summed E-state index contributed by atoms with van der Waals surface area (Å²) >= 11 is 0. The van der Waals surface area contributed by atoms with E-state index in [2.05, 4.69) is 73.0 Å². The Labute approximate surface area is 306 Å².